The van der Waals surface area contributed by atoms with Gasteiger partial charge in [0.1, 0.15) is 5.75 Å². The van der Waals surface area contributed by atoms with Gasteiger partial charge in [-0.25, -0.2) is 0 Å². The Morgan fingerprint density at radius 1 is 1.14 bits per heavy atom. The van der Waals surface area contributed by atoms with Crippen LogP contribution in [0.1, 0.15) is 54.2 Å². The molecule has 2 amide bonds. The highest BCUT2D eigenvalue weighted by Crippen LogP contribution is 2.18. The lowest BCUT2D eigenvalue weighted by Gasteiger charge is -2.15. The van der Waals surface area contributed by atoms with E-state index in [4.69, 9.17) is 10.5 Å². The Labute approximate surface area is 166 Å². The molecule has 0 aliphatic carbocycles. The second-order valence-corrected chi connectivity index (χ2v) is 6.73. The predicted octanol–water partition coefficient (Wildman–Crippen LogP) is 3.36. The van der Waals surface area contributed by atoms with Gasteiger partial charge in [0, 0.05) is 24.2 Å². The van der Waals surface area contributed by atoms with Crippen molar-refractivity contribution in [3.05, 3.63) is 59.2 Å². The number of carbonyl (C=O) groups is 2. The van der Waals surface area contributed by atoms with Crippen LogP contribution in [-0.2, 0) is 4.79 Å². The third-order valence-corrected chi connectivity index (χ3v) is 4.44. The Hall–Kier alpha value is -3.02. The molecule has 0 bridgehead atoms. The van der Waals surface area contributed by atoms with Crippen LogP contribution in [0.4, 0.5) is 5.69 Å². The minimum atomic E-state index is -0.173. The molecule has 28 heavy (non-hydrogen) atoms. The molecule has 6 nitrogen and oxygen atoms in total. The topological polar surface area (TPSA) is 93.5 Å². The zero-order chi connectivity index (χ0) is 20.5. The van der Waals surface area contributed by atoms with E-state index in [0.717, 1.165) is 16.9 Å². The van der Waals surface area contributed by atoms with Gasteiger partial charge >= 0.3 is 0 Å². The molecule has 2 aromatic rings. The average molecular weight is 383 g/mol. The summed E-state index contributed by atoms with van der Waals surface area (Å²) in [5, 5.41) is 5.81. The number of anilines is 1. The van der Waals surface area contributed by atoms with Crippen molar-refractivity contribution in [2.45, 2.75) is 39.7 Å². The summed E-state index contributed by atoms with van der Waals surface area (Å²) in [6.45, 7) is 6.80. The van der Waals surface area contributed by atoms with Crippen LogP contribution in [0.3, 0.4) is 0 Å². The molecule has 0 aromatic heterocycles. The molecule has 150 valence electrons. The molecule has 0 saturated heterocycles. The first-order valence-corrected chi connectivity index (χ1v) is 9.57. The molecule has 1 unspecified atom stereocenters. The lowest BCUT2D eigenvalue weighted by atomic mass is 10.1. The Bertz CT molecular complexity index is 803. The predicted molar refractivity (Wildman–Crippen MR) is 111 cm³/mol. The maximum Gasteiger partial charge on any atom is 0.251 e. The van der Waals surface area contributed by atoms with Gasteiger partial charge in [0.25, 0.3) is 5.91 Å². The molecule has 2 rings (SSSR count). The normalized spacial score (nSPS) is 11.5. The van der Waals surface area contributed by atoms with Crippen molar-refractivity contribution in [3.8, 4) is 5.75 Å². The number of rotatable bonds is 9. The molecular weight excluding hydrogens is 354 g/mol. The van der Waals surface area contributed by atoms with Crippen molar-refractivity contribution < 1.29 is 14.3 Å². The van der Waals surface area contributed by atoms with Crippen LogP contribution in [0.25, 0.3) is 0 Å². The second-order valence-electron chi connectivity index (χ2n) is 6.73. The minimum Gasteiger partial charge on any atom is -0.494 e. The van der Waals surface area contributed by atoms with E-state index in [1.807, 2.05) is 51.1 Å². The summed E-state index contributed by atoms with van der Waals surface area (Å²) in [6.07, 6.45) is 0.909. The summed E-state index contributed by atoms with van der Waals surface area (Å²) in [6, 6.07) is 12.9. The van der Waals surface area contributed by atoms with Crippen molar-refractivity contribution >= 4 is 17.5 Å². The van der Waals surface area contributed by atoms with Crippen molar-refractivity contribution in [1.82, 2.24) is 10.6 Å². The number of hydrogen-bond donors (Lipinski definition) is 3. The highest BCUT2D eigenvalue weighted by atomic mass is 16.5. The zero-order valence-corrected chi connectivity index (χ0v) is 16.7. The summed E-state index contributed by atoms with van der Waals surface area (Å²) < 4.78 is 5.42. The summed E-state index contributed by atoms with van der Waals surface area (Å²) in [4.78, 5) is 24.4. The Kier molecular flexibility index (Phi) is 7.87. The van der Waals surface area contributed by atoms with E-state index >= 15 is 0 Å². The van der Waals surface area contributed by atoms with Crippen LogP contribution in [0.2, 0.25) is 0 Å². The van der Waals surface area contributed by atoms with Crippen LogP contribution in [0.15, 0.2) is 42.5 Å². The number of carbonyl (C=O) groups excluding carboxylic acids is 2. The number of nitrogen functional groups attached to an aromatic ring is 1. The fourth-order valence-corrected chi connectivity index (χ4v) is 2.85. The Balaban J connectivity index is 1.73. The minimum absolute atomic E-state index is 0.0456. The smallest absolute Gasteiger partial charge is 0.251 e. The number of nitrogens with two attached hydrogens (primary N) is 1. The largest absolute Gasteiger partial charge is 0.494 e. The van der Waals surface area contributed by atoms with Crippen LogP contribution in [-0.4, -0.2) is 25.0 Å². The van der Waals surface area contributed by atoms with E-state index in [0.29, 0.717) is 37.2 Å². The number of nitrogens with one attached hydrogen (secondary N) is 2. The first kappa shape index (κ1) is 21.3. The molecule has 0 aliphatic rings. The number of amides is 2. The van der Waals surface area contributed by atoms with Crippen LogP contribution in [0.5, 0.6) is 5.75 Å². The molecule has 0 radical (unpaired) electrons. The van der Waals surface area contributed by atoms with E-state index < -0.39 is 0 Å². The fourth-order valence-electron chi connectivity index (χ4n) is 2.85. The molecule has 0 saturated carbocycles. The first-order valence-electron chi connectivity index (χ1n) is 9.57. The summed E-state index contributed by atoms with van der Waals surface area (Å²) in [5.41, 5.74) is 8.74. The Morgan fingerprint density at radius 2 is 1.86 bits per heavy atom. The van der Waals surface area contributed by atoms with Gasteiger partial charge in [0.2, 0.25) is 5.91 Å². The van der Waals surface area contributed by atoms with Crippen molar-refractivity contribution in [1.29, 1.82) is 0 Å². The molecule has 0 heterocycles. The van der Waals surface area contributed by atoms with Gasteiger partial charge in [-0.2, -0.15) is 0 Å². The molecule has 0 spiro atoms. The van der Waals surface area contributed by atoms with Gasteiger partial charge in [-0.15, -0.1) is 0 Å². The van der Waals surface area contributed by atoms with Gasteiger partial charge < -0.3 is 21.1 Å². The maximum atomic E-state index is 12.2. The van der Waals surface area contributed by atoms with Crippen molar-refractivity contribution in [3.63, 3.8) is 0 Å². The van der Waals surface area contributed by atoms with Gasteiger partial charge in [0.15, 0.2) is 0 Å². The van der Waals surface area contributed by atoms with Crippen molar-refractivity contribution in [2.24, 2.45) is 0 Å². The van der Waals surface area contributed by atoms with Gasteiger partial charge in [-0.05, 0) is 62.6 Å². The molecule has 0 aliphatic heterocycles. The van der Waals surface area contributed by atoms with E-state index in [1.54, 1.807) is 12.1 Å². The first-order chi connectivity index (χ1) is 13.4. The number of ether oxygens (including phenoxy) is 1. The van der Waals surface area contributed by atoms with Crippen LogP contribution >= 0.6 is 0 Å². The van der Waals surface area contributed by atoms with Gasteiger partial charge in [-0.3, -0.25) is 9.59 Å². The van der Waals surface area contributed by atoms with E-state index in [2.05, 4.69) is 10.6 Å². The highest BCUT2D eigenvalue weighted by molar-refractivity contribution is 5.96. The Morgan fingerprint density at radius 3 is 2.54 bits per heavy atom. The molecule has 2 aromatic carbocycles. The third-order valence-electron chi connectivity index (χ3n) is 4.44. The fraction of sp³-hybridized carbons (Fsp3) is 0.364. The van der Waals surface area contributed by atoms with E-state index in [1.165, 1.54) is 0 Å². The van der Waals surface area contributed by atoms with Gasteiger partial charge in [0.05, 0.1) is 12.6 Å². The lowest BCUT2D eigenvalue weighted by molar-refractivity contribution is -0.121. The zero-order valence-electron chi connectivity index (χ0n) is 16.7. The van der Waals surface area contributed by atoms with Crippen LogP contribution < -0.4 is 21.1 Å². The summed E-state index contributed by atoms with van der Waals surface area (Å²) in [7, 11) is 0. The van der Waals surface area contributed by atoms with Crippen LogP contribution in [0, 0.1) is 6.92 Å². The summed E-state index contributed by atoms with van der Waals surface area (Å²) >= 11 is 0. The maximum absolute atomic E-state index is 12.2. The molecule has 4 N–H and O–H groups in total. The molecule has 1 atom stereocenters. The van der Waals surface area contributed by atoms with Crippen molar-refractivity contribution in [2.75, 3.05) is 18.9 Å². The monoisotopic (exact) mass is 383 g/mol. The average Bonchev–Trinajstić information content (AvgIpc) is 2.67. The van der Waals surface area contributed by atoms with E-state index in [9.17, 15) is 9.59 Å². The summed E-state index contributed by atoms with van der Waals surface area (Å²) in [5.74, 6) is 0.597. The number of benzene rings is 2. The number of hydrogen-bond acceptors (Lipinski definition) is 4. The molecule has 0 fully saturated rings. The quantitative estimate of drug-likeness (QED) is 0.457. The lowest BCUT2D eigenvalue weighted by Crippen LogP contribution is -2.29. The SMILES string of the molecule is CCOc1ccc(C(C)NC(=O)CCCNC(=O)c2cc(N)ccc2C)cc1. The molecular formula is C22H29N3O3. The van der Waals surface area contributed by atoms with Gasteiger partial charge in [-0.1, -0.05) is 18.2 Å². The number of aryl methyl sites for hydroxylation is 1. The third kappa shape index (κ3) is 6.30. The molecule has 6 heteroatoms. The van der Waals surface area contributed by atoms with E-state index in [-0.39, 0.29) is 17.9 Å². The highest BCUT2D eigenvalue weighted by Gasteiger charge is 2.11. The standard InChI is InChI=1S/C22H29N3O3/c1-4-28-19-11-8-17(9-12-19)16(3)25-21(26)6-5-13-24-22(27)20-14-18(23)10-7-15(20)2/h7-12,14,16H,4-6,13,23H2,1-3H3,(H,24,27)(H,25,26). The second kappa shape index (κ2) is 10.3.